The molecule has 4 N–H and O–H groups in total. The van der Waals surface area contributed by atoms with Crippen molar-refractivity contribution in [2.75, 3.05) is 18.0 Å². The minimum Gasteiger partial charge on any atom is -0.361 e. The van der Waals surface area contributed by atoms with Crippen LogP contribution in [0.15, 0.2) is 53.6 Å². The van der Waals surface area contributed by atoms with Crippen LogP contribution < -0.4 is 15.4 Å². The van der Waals surface area contributed by atoms with Crippen LogP contribution in [-0.4, -0.2) is 38.4 Å². The highest BCUT2D eigenvalue weighted by molar-refractivity contribution is 7.89. The summed E-state index contributed by atoms with van der Waals surface area (Å²) in [6, 6.07) is 13.0. The van der Waals surface area contributed by atoms with E-state index in [-0.39, 0.29) is 23.4 Å². The number of carbonyl (C=O) groups excluding carboxylic acids is 1. The van der Waals surface area contributed by atoms with Gasteiger partial charge in [-0.25, -0.2) is 13.6 Å². The topological polar surface area (TPSA) is 108 Å². The maximum atomic E-state index is 12.5. The maximum Gasteiger partial charge on any atom is 0.239 e. The van der Waals surface area contributed by atoms with Crippen LogP contribution in [0, 0.1) is 0 Å². The minimum atomic E-state index is -3.73. The van der Waals surface area contributed by atoms with E-state index in [2.05, 4.69) is 16.4 Å². The van der Waals surface area contributed by atoms with Gasteiger partial charge in [0.25, 0.3) is 0 Å². The lowest BCUT2D eigenvalue weighted by Crippen LogP contribution is -2.40. The fourth-order valence-electron chi connectivity index (χ4n) is 3.98. The van der Waals surface area contributed by atoms with Gasteiger partial charge in [0.2, 0.25) is 15.9 Å². The average molecular weight is 413 g/mol. The van der Waals surface area contributed by atoms with Crippen molar-refractivity contribution in [2.24, 2.45) is 5.14 Å². The lowest BCUT2D eigenvalue weighted by atomic mass is 10.1. The molecule has 1 atom stereocenters. The van der Waals surface area contributed by atoms with Crippen molar-refractivity contribution in [3.8, 4) is 0 Å². The molecule has 0 saturated heterocycles. The van der Waals surface area contributed by atoms with Crippen molar-refractivity contribution in [3.63, 3.8) is 0 Å². The molecule has 7 nitrogen and oxygen atoms in total. The van der Waals surface area contributed by atoms with Crippen molar-refractivity contribution in [3.05, 3.63) is 59.8 Å². The number of nitrogens with one attached hydrogen (secondary N) is 2. The van der Waals surface area contributed by atoms with Crippen LogP contribution in [0.25, 0.3) is 10.9 Å². The van der Waals surface area contributed by atoms with Gasteiger partial charge in [0.05, 0.1) is 11.4 Å². The number of fused-ring (bicyclic) bond motifs is 2. The molecule has 3 aromatic rings. The Hall–Kier alpha value is -2.84. The van der Waals surface area contributed by atoms with Gasteiger partial charge < -0.3 is 15.2 Å². The smallest absolute Gasteiger partial charge is 0.239 e. The molecule has 0 spiro atoms. The lowest BCUT2D eigenvalue weighted by Gasteiger charge is -2.24. The first-order valence-electron chi connectivity index (χ1n) is 9.57. The van der Waals surface area contributed by atoms with E-state index in [1.54, 1.807) is 12.1 Å². The molecular weight excluding hydrogens is 388 g/mol. The molecule has 1 aliphatic heterocycles. The van der Waals surface area contributed by atoms with Crippen molar-refractivity contribution in [2.45, 2.75) is 30.7 Å². The molecule has 1 unspecified atom stereocenters. The first-order valence-corrected chi connectivity index (χ1v) is 11.1. The number of benzene rings is 2. The zero-order chi connectivity index (χ0) is 20.6. The zero-order valence-corrected chi connectivity index (χ0v) is 17.0. The fraction of sp³-hybridized carbons (Fsp3) is 0.286. The summed E-state index contributed by atoms with van der Waals surface area (Å²) in [6.45, 7) is 2.81. The molecule has 8 heteroatoms. The Bertz CT molecular complexity index is 1170. The van der Waals surface area contributed by atoms with Crippen LogP contribution in [0.1, 0.15) is 18.1 Å². The van der Waals surface area contributed by atoms with E-state index in [9.17, 15) is 13.2 Å². The second-order valence-electron chi connectivity index (χ2n) is 7.48. The number of aromatic nitrogens is 1. The number of anilines is 1. The Kier molecular flexibility index (Phi) is 5.06. The summed E-state index contributed by atoms with van der Waals surface area (Å²) >= 11 is 0. The summed E-state index contributed by atoms with van der Waals surface area (Å²) in [7, 11) is -3.73. The first kappa shape index (κ1) is 19.5. The van der Waals surface area contributed by atoms with Crippen molar-refractivity contribution in [1.82, 2.24) is 10.3 Å². The monoisotopic (exact) mass is 412 g/mol. The van der Waals surface area contributed by atoms with E-state index in [1.807, 2.05) is 36.2 Å². The van der Waals surface area contributed by atoms with E-state index >= 15 is 0 Å². The SMILES string of the molecule is CC1Cc2cc(S(N)(=O)=O)ccc2N1CC(=O)NCCc1c[nH]c2ccccc12. The number of hydrogen-bond acceptors (Lipinski definition) is 4. The van der Waals surface area contributed by atoms with Gasteiger partial charge in [-0.1, -0.05) is 18.2 Å². The highest BCUT2D eigenvalue weighted by atomic mass is 32.2. The highest BCUT2D eigenvalue weighted by Crippen LogP contribution is 2.33. The summed E-state index contributed by atoms with van der Waals surface area (Å²) in [5.41, 5.74) is 4.05. The Morgan fingerprint density at radius 2 is 2.07 bits per heavy atom. The Morgan fingerprint density at radius 1 is 1.28 bits per heavy atom. The Balaban J connectivity index is 1.38. The van der Waals surface area contributed by atoms with Crippen molar-refractivity contribution in [1.29, 1.82) is 0 Å². The van der Waals surface area contributed by atoms with E-state index < -0.39 is 10.0 Å². The van der Waals surface area contributed by atoms with E-state index in [0.717, 1.165) is 23.2 Å². The van der Waals surface area contributed by atoms with Gasteiger partial charge in [0.1, 0.15) is 0 Å². The third-order valence-electron chi connectivity index (χ3n) is 5.44. The number of nitrogens with zero attached hydrogens (tertiary/aromatic N) is 1. The van der Waals surface area contributed by atoms with Crippen LogP contribution in [-0.2, 0) is 27.7 Å². The highest BCUT2D eigenvalue weighted by Gasteiger charge is 2.28. The summed E-state index contributed by atoms with van der Waals surface area (Å²) in [5, 5.41) is 9.39. The molecule has 152 valence electrons. The normalized spacial score (nSPS) is 16.2. The number of nitrogens with two attached hydrogens (primary N) is 1. The number of hydrogen-bond donors (Lipinski definition) is 3. The van der Waals surface area contributed by atoms with Gasteiger partial charge in [-0.15, -0.1) is 0 Å². The molecule has 0 aliphatic carbocycles. The van der Waals surface area contributed by atoms with Crippen LogP contribution in [0.4, 0.5) is 5.69 Å². The predicted molar refractivity (Wildman–Crippen MR) is 113 cm³/mol. The van der Waals surface area contributed by atoms with E-state index in [4.69, 9.17) is 5.14 Å². The summed E-state index contributed by atoms with van der Waals surface area (Å²) < 4.78 is 23.1. The molecule has 0 saturated carbocycles. The summed E-state index contributed by atoms with van der Waals surface area (Å²) in [6.07, 6.45) is 3.42. The number of para-hydroxylation sites is 1. The third kappa shape index (κ3) is 3.99. The number of carbonyl (C=O) groups is 1. The standard InChI is InChI=1S/C21H24N4O3S/c1-14-10-16-11-17(29(22,27)28)6-7-20(16)25(14)13-21(26)23-9-8-15-12-24-19-5-3-2-4-18(15)19/h2-7,11-12,14,24H,8-10,13H2,1H3,(H,23,26)(H2,22,27,28). The second-order valence-corrected chi connectivity index (χ2v) is 9.04. The first-order chi connectivity index (χ1) is 13.8. The molecule has 1 aliphatic rings. The molecular formula is C21H24N4O3S. The Labute approximate surface area is 169 Å². The van der Waals surface area contributed by atoms with E-state index in [0.29, 0.717) is 13.0 Å². The molecule has 4 rings (SSSR count). The van der Waals surface area contributed by atoms with Crippen LogP contribution in [0.2, 0.25) is 0 Å². The molecule has 2 heterocycles. The molecule has 0 fully saturated rings. The summed E-state index contributed by atoms with van der Waals surface area (Å²) in [4.78, 5) is 17.8. The van der Waals surface area contributed by atoms with Gasteiger partial charge in [-0.3, -0.25) is 4.79 Å². The Morgan fingerprint density at radius 3 is 2.86 bits per heavy atom. The van der Waals surface area contributed by atoms with Gasteiger partial charge in [0, 0.05) is 35.4 Å². The van der Waals surface area contributed by atoms with Gasteiger partial charge in [-0.05, 0) is 55.2 Å². The van der Waals surface area contributed by atoms with Crippen LogP contribution >= 0.6 is 0 Å². The molecule has 29 heavy (non-hydrogen) atoms. The quantitative estimate of drug-likeness (QED) is 0.575. The van der Waals surface area contributed by atoms with Crippen LogP contribution in [0.5, 0.6) is 0 Å². The largest absolute Gasteiger partial charge is 0.361 e. The number of aromatic amines is 1. The molecule has 0 bridgehead atoms. The van der Waals surface area contributed by atoms with Crippen LogP contribution in [0.3, 0.4) is 0 Å². The van der Waals surface area contributed by atoms with Crippen molar-refractivity contribution >= 4 is 32.5 Å². The summed E-state index contributed by atoms with van der Waals surface area (Å²) in [5.74, 6) is -0.0555. The molecule has 1 aromatic heterocycles. The van der Waals surface area contributed by atoms with E-state index in [1.165, 1.54) is 17.0 Å². The van der Waals surface area contributed by atoms with Crippen molar-refractivity contribution < 1.29 is 13.2 Å². The van der Waals surface area contributed by atoms with Gasteiger partial charge >= 0.3 is 0 Å². The van der Waals surface area contributed by atoms with Gasteiger partial charge in [0.15, 0.2) is 0 Å². The fourth-order valence-corrected chi connectivity index (χ4v) is 4.54. The molecule has 2 aromatic carbocycles. The number of sulfonamides is 1. The second kappa shape index (κ2) is 7.53. The number of amides is 1. The predicted octanol–water partition coefficient (Wildman–Crippen LogP) is 1.93. The zero-order valence-electron chi connectivity index (χ0n) is 16.2. The molecule has 1 amide bonds. The lowest BCUT2D eigenvalue weighted by molar-refractivity contribution is -0.119. The molecule has 0 radical (unpaired) electrons. The third-order valence-corrected chi connectivity index (χ3v) is 6.35. The van der Waals surface area contributed by atoms with Gasteiger partial charge in [-0.2, -0.15) is 0 Å². The number of primary sulfonamides is 1. The average Bonchev–Trinajstić information content (AvgIpc) is 3.22. The number of H-pyrrole nitrogens is 1. The number of rotatable bonds is 6. The maximum absolute atomic E-state index is 12.5. The minimum absolute atomic E-state index is 0.0555.